The van der Waals surface area contributed by atoms with Gasteiger partial charge < -0.3 is 20.3 Å². The van der Waals surface area contributed by atoms with Crippen LogP contribution in [0.1, 0.15) is 93.4 Å². The Bertz CT molecular complexity index is 1630. The van der Waals surface area contributed by atoms with E-state index < -0.39 is 6.04 Å². The summed E-state index contributed by atoms with van der Waals surface area (Å²) in [4.78, 5) is 49.2. The number of nitrogens with zero attached hydrogens (tertiary/aromatic N) is 5. The number of benzene rings is 2. The molecule has 1 atom stereocenters. The number of nitrogens with one attached hydrogen (secondary N) is 1. The second-order valence-electron chi connectivity index (χ2n) is 14.7. The molecule has 0 radical (unpaired) electrons. The highest BCUT2D eigenvalue weighted by atomic mass is 16.5. The molecule has 0 spiro atoms. The van der Waals surface area contributed by atoms with Crippen molar-refractivity contribution < 1.29 is 19.1 Å². The van der Waals surface area contributed by atoms with Crippen LogP contribution in [0.15, 0.2) is 60.8 Å². The number of aryl methyl sites for hydroxylation is 1. The van der Waals surface area contributed by atoms with Crippen LogP contribution in [-0.4, -0.2) is 96.4 Å². The molecule has 11 nitrogen and oxygen atoms in total. The van der Waals surface area contributed by atoms with E-state index >= 15 is 0 Å². The van der Waals surface area contributed by atoms with Crippen LogP contribution in [0.5, 0.6) is 5.75 Å². The molecule has 3 aliphatic rings. The van der Waals surface area contributed by atoms with E-state index in [4.69, 9.17) is 10.5 Å². The maximum absolute atomic E-state index is 12.4. The minimum atomic E-state index is -0.612. The number of hydrogen-bond donors (Lipinski definition) is 2. The molecule has 0 saturated carbocycles. The zero-order chi connectivity index (χ0) is 38.3. The number of likely N-dealkylation sites (tertiary alicyclic amines) is 1. The van der Waals surface area contributed by atoms with Gasteiger partial charge in [-0.15, -0.1) is 0 Å². The molecule has 3 aliphatic heterocycles. The van der Waals surface area contributed by atoms with Crippen molar-refractivity contribution in [2.45, 2.75) is 97.2 Å². The molecule has 3 saturated heterocycles. The number of unbranched alkanes of at least 4 members (excludes halogenated alkanes) is 3. The predicted molar refractivity (Wildman–Crippen MR) is 215 cm³/mol. The van der Waals surface area contributed by atoms with E-state index in [9.17, 15) is 14.4 Å². The molecule has 3 fully saturated rings. The molecule has 3 amide bonds. The highest BCUT2D eigenvalue weighted by molar-refractivity contribution is 6.00. The second kappa shape index (κ2) is 20.8. The van der Waals surface area contributed by atoms with Crippen molar-refractivity contribution in [2.24, 2.45) is 0 Å². The molecule has 0 bridgehead atoms. The first-order valence-electron chi connectivity index (χ1n) is 20.1. The first-order valence-corrected chi connectivity index (χ1v) is 20.1. The maximum atomic E-state index is 12.4. The van der Waals surface area contributed by atoms with Gasteiger partial charge in [0, 0.05) is 45.7 Å². The lowest BCUT2D eigenvalue weighted by Crippen LogP contribution is -2.51. The zero-order valence-corrected chi connectivity index (χ0v) is 32.7. The SMILES string of the molecule is CC.Cc1ccc(C2CCN(Cc3cccc(OCCCCCCN4CCN(c5ccc(N)nc5)CC4)c3)CC2)cc1CN(C=O)C1CCC(=O)NC1=O. The number of aromatic nitrogens is 1. The average molecular weight is 740 g/mol. The normalized spacial score (nSPS) is 18.4. The van der Waals surface area contributed by atoms with E-state index in [1.54, 1.807) is 0 Å². The number of carbonyl (C=O) groups excluding carboxylic acids is 3. The summed E-state index contributed by atoms with van der Waals surface area (Å²) in [5.41, 5.74) is 11.6. The Morgan fingerprint density at radius 3 is 2.41 bits per heavy atom. The number of piperidine rings is 2. The first-order chi connectivity index (χ1) is 26.3. The van der Waals surface area contributed by atoms with Gasteiger partial charge >= 0.3 is 0 Å². The number of pyridine rings is 1. The van der Waals surface area contributed by atoms with E-state index in [2.05, 4.69) is 73.5 Å². The summed E-state index contributed by atoms with van der Waals surface area (Å²) >= 11 is 0. The van der Waals surface area contributed by atoms with Gasteiger partial charge in [0.05, 0.1) is 18.5 Å². The standard InChI is InChI=1S/C41H55N7O4.C2H6/c1-31-9-10-34(26-35(31)29-48(30-49)38-12-14-40(50)44-41(38)51)33-15-18-46(19-16-33)28-32-7-6-8-37(25-32)52-24-5-3-2-4-17-45-20-22-47(23-21-45)36-11-13-39(42)43-27-36;1-2/h6-11,13,25-27,30,33,38H,2-5,12,14-24,28-29H2,1H3,(H2,42,43)(H,44,50,51);1-2H3. The number of nitrogen functional groups attached to an aromatic ring is 1. The van der Waals surface area contributed by atoms with Crippen molar-refractivity contribution in [3.8, 4) is 5.75 Å². The molecule has 292 valence electrons. The van der Waals surface area contributed by atoms with Crippen molar-refractivity contribution in [1.29, 1.82) is 0 Å². The Labute approximate surface area is 322 Å². The second-order valence-corrected chi connectivity index (χ2v) is 14.7. The van der Waals surface area contributed by atoms with Gasteiger partial charge in [0.15, 0.2) is 0 Å². The summed E-state index contributed by atoms with van der Waals surface area (Å²) in [5.74, 6) is 1.31. The minimum absolute atomic E-state index is 0.252. The van der Waals surface area contributed by atoms with Crippen molar-refractivity contribution >= 4 is 29.7 Å². The third kappa shape index (κ3) is 11.8. The average Bonchev–Trinajstić information content (AvgIpc) is 3.19. The smallest absolute Gasteiger partial charge is 0.249 e. The van der Waals surface area contributed by atoms with Crippen LogP contribution in [0.2, 0.25) is 0 Å². The van der Waals surface area contributed by atoms with Crippen LogP contribution >= 0.6 is 0 Å². The maximum Gasteiger partial charge on any atom is 0.249 e. The van der Waals surface area contributed by atoms with Crippen molar-refractivity contribution in [3.05, 3.63) is 83.0 Å². The monoisotopic (exact) mass is 739 g/mol. The van der Waals surface area contributed by atoms with E-state index in [0.29, 0.717) is 24.7 Å². The molecule has 0 aliphatic carbocycles. The fourth-order valence-electron chi connectivity index (χ4n) is 7.74. The fraction of sp³-hybridized carbons (Fsp3) is 0.535. The molecule has 4 heterocycles. The molecule has 6 rings (SSSR count). The lowest BCUT2D eigenvalue weighted by atomic mass is 9.87. The van der Waals surface area contributed by atoms with Gasteiger partial charge in [0.2, 0.25) is 18.2 Å². The van der Waals surface area contributed by atoms with Crippen molar-refractivity contribution in [3.63, 3.8) is 0 Å². The molecule has 3 aromatic rings. The Hall–Kier alpha value is -4.48. The van der Waals surface area contributed by atoms with Gasteiger partial charge in [-0.05, 0) is 111 Å². The van der Waals surface area contributed by atoms with Gasteiger partial charge in [-0.3, -0.25) is 29.5 Å². The van der Waals surface area contributed by atoms with E-state index in [0.717, 1.165) is 107 Å². The van der Waals surface area contributed by atoms with Gasteiger partial charge in [-0.2, -0.15) is 0 Å². The molecule has 11 heteroatoms. The van der Waals surface area contributed by atoms with Crippen LogP contribution < -0.4 is 20.7 Å². The summed E-state index contributed by atoms with van der Waals surface area (Å²) in [6.45, 7) is 15.5. The number of ether oxygens (including phenoxy) is 1. The minimum Gasteiger partial charge on any atom is -0.494 e. The summed E-state index contributed by atoms with van der Waals surface area (Å²) in [6, 6.07) is 18.4. The molecular formula is C43H61N7O4. The summed E-state index contributed by atoms with van der Waals surface area (Å²) in [7, 11) is 0. The Balaban J connectivity index is 0.00000276. The fourth-order valence-corrected chi connectivity index (χ4v) is 7.74. The summed E-state index contributed by atoms with van der Waals surface area (Å²) < 4.78 is 6.16. The van der Waals surface area contributed by atoms with Crippen LogP contribution in [0.3, 0.4) is 0 Å². The lowest BCUT2D eigenvalue weighted by molar-refractivity contribution is -0.141. The quantitative estimate of drug-likeness (QED) is 0.105. The molecule has 3 N–H and O–H groups in total. The third-order valence-electron chi connectivity index (χ3n) is 11.0. The number of amides is 3. The topological polar surface area (TPSA) is 124 Å². The van der Waals surface area contributed by atoms with Crippen LogP contribution in [0.25, 0.3) is 0 Å². The van der Waals surface area contributed by atoms with Crippen LogP contribution in [0.4, 0.5) is 11.5 Å². The van der Waals surface area contributed by atoms with E-state index in [1.807, 2.05) is 33.0 Å². The van der Waals surface area contributed by atoms with E-state index in [-0.39, 0.29) is 18.2 Å². The Kier molecular flexibility index (Phi) is 15.7. The number of carbonyl (C=O) groups is 3. The highest BCUT2D eigenvalue weighted by Gasteiger charge is 2.31. The van der Waals surface area contributed by atoms with Gasteiger partial charge in [0.1, 0.15) is 17.6 Å². The number of piperazine rings is 1. The molecule has 1 aromatic heterocycles. The van der Waals surface area contributed by atoms with E-state index in [1.165, 1.54) is 35.3 Å². The predicted octanol–water partition coefficient (Wildman–Crippen LogP) is 5.90. The third-order valence-corrected chi connectivity index (χ3v) is 11.0. The van der Waals surface area contributed by atoms with Gasteiger partial charge in [-0.25, -0.2) is 4.98 Å². The van der Waals surface area contributed by atoms with Crippen molar-refractivity contribution in [1.82, 2.24) is 25.0 Å². The largest absolute Gasteiger partial charge is 0.494 e. The highest BCUT2D eigenvalue weighted by Crippen LogP contribution is 2.31. The number of anilines is 2. The number of imide groups is 1. The lowest BCUT2D eigenvalue weighted by Gasteiger charge is -2.36. The van der Waals surface area contributed by atoms with Gasteiger partial charge in [0.25, 0.3) is 0 Å². The Morgan fingerprint density at radius 2 is 1.69 bits per heavy atom. The van der Waals surface area contributed by atoms with Crippen LogP contribution in [-0.2, 0) is 27.5 Å². The number of hydrogen-bond acceptors (Lipinski definition) is 9. The molecule has 2 aromatic carbocycles. The molecule has 54 heavy (non-hydrogen) atoms. The first kappa shape index (κ1) is 40.7. The number of nitrogens with two attached hydrogens (primary N) is 1. The zero-order valence-electron chi connectivity index (χ0n) is 32.7. The summed E-state index contributed by atoms with van der Waals surface area (Å²) in [5, 5.41) is 2.37. The molecular weight excluding hydrogens is 679 g/mol. The van der Waals surface area contributed by atoms with Gasteiger partial charge in [-0.1, -0.05) is 57.0 Å². The number of rotatable bonds is 16. The summed E-state index contributed by atoms with van der Waals surface area (Å²) in [6.07, 6.45) is 10.1. The Morgan fingerprint density at radius 1 is 0.907 bits per heavy atom. The molecule has 1 unspecified atom stereocenters. The van der Waals surface area contributed by atoms with Crippen molar-refractivity contribution in [2.75, 3.05) is 63.1 Å². The van der Waals surface area contributed by atoms with Crippen LogP contribution in [0, 0.1) is 6.92 Å².